The number of thioether (sulfide) groups is 1. The van der Waals surface area contributed by atoms with Crippen molar-refractivity contribution in [2.24, 2.45) is 13.0 Å². The van der Waals surface area contributed by atoms with E-state index in [9.17, 15) is 0 Å². The topological polar surface area (TPSA) is 63.8 Å². The Bertz CT molecular complexity index is 252. The lowest BCUT2D eigenvalue weighted by atomic mass is 10.2. The van der Waals surface area contributed by atoms with Crippen LogP contribution < -0.4 is 0 Å². The Hall–Kier alpha value is -0.620. The van der Waals surface area contributed by atoms with E-state index in [1.54, 1.807) is 18.8 Å². The molecule has 0 aliphatic rings. The van der Waals surface area contributed by atoms with Crippen molar-refractivity contribution in [2.45, 2.75) is 12.7 Å². The van der Waals surface area contributed by atoms with Gasteiger partial charge in [0.2, 0.25) is 0 Å². The molecule has 1 heterocycles. The van der Waals surface area contributed by atoms with Crippen molar-refractivity contribution in [3.63, 3.8) is 0 Å². The summed E-state index contributed by atoms with van der Waals surface area (Å²) >= 11 is 1.71. The lowest BCUT2D eigenvalue weighted by molar-refractivity contribution is 0.250. The molecule has 0 aromatic carbocycles. The highest BCUT2D eigenvalue weighted by Crippen LogP contribution is 2.11. The Morgan fingerprint density at radius 3 is 2.92 bits per heavy atom. The third-order valence-electron chi connectivity index (χ3n) is 1.49. The average molecular weight is 202 g/mol. The zero-order chi connectivity index (χ0) is 9.68. The van der Waals surface area contributed by atoms with Gasteiger partial charge in [0.1, 0.15) is 0 Å². The smallest absolute Gasteiger partial charge is 0.184 e. The maximum atomic E-state index is 8.78. The van der Waals surface area contributed by atoms with Crippen molar-refractivity contribution in [1.29, 1.82) is 0 Å². The van der Waals surface area contributed by atoms with Gasteiger partial charge in [0, 0.05) is 6.61 Å². The molecule has 74 valence electrons. The van der Waals surface area contributed by atoms with E-state index in [-0.39, 0.29) is 6.61 Å². The Kier molecular flexibility index (Phi) is 4.17. The van der Waals surface area contributed by atoms with E-state index in [1.165, 1.54) is 4.80 Å². The molecule has 1 N–H and O–H groups in total. The maximum absolute atomic E-state index is 8.78. The van der Waals surface area contributed by atoms with Crippen LogP contribution in [0.4, 0.5) is 0 Å². The van der Waals surface area contributed by atoms with Gasteiger partial charge < -0.3 is 5.11 Å². The first-order valence-electron chi connectivity index (χ1n) is 4.14. The summed E-state index contributed by atoms with van der Waals surface area (Å²) in [5.41, 5.74) is 0. The van der Waals surface area contributed by atoms with E-state index < -0.39 is 0 Å². The van der Waals surface area contributed by atoms with E-state index in [0.717, 1.165) is 17.3 Å². The van der Waals surface area contributed by atoms with Crippen LogP contribution in [0.2, 0.25) is 0 Å². The zero-order valence-electron chi connectivity index (χ0n) is 7.84. The number of tetrazole rings is 1. The number of nitrogens with zero attached hydrogens (tertiary/aromatic N) is 4. The molecular weight excluding hydrogens is 188 g/mol. The summed E-state index contributed by atoms with van der Waals surface area (Å²) in [7, 11) is 1.75. The molecule has 1 unspecified atom stereocenters. The van der Waals surface area contributed by atoms with Gasteiger partial charge in [-0.05, 0) is 16.9 Å². The van der Waals surface area contributed by atoms with Gasteiger partial charge >= 0.3 is 0 Å². The SMILES string of the molecule is CC(CO)CSCc1nnn(C)n1. The van der Waals surface area contributed by atoms with Gasteiger partial charge in [-0.25, -0.2) is 0 Å². The summed E-state index contributed by atoms with van der Waals surface area (Å²) in [5.74, 6) is 2.77. The van der Waals surface area contributed by atoms with Crippen molar-refractivity contribution in [2.75, 3.05) is 12.4 Å². The lowest BCUT2D eigenvalue weighted by Gasteiger charge is -2.04. The molecule has 0 fully saturated rings. The molecule has 0 bridgehead atoms. The minimum absolute atomic E-state index is 0.237. The van der Waals surface area contributed by atoms with Crippen LogP contribution >= 0.6 is 11.8 Å². The standard InChI is InChI=1S/C7H14N4OS/c1-6(3-12)4-13-5-7-8-10-11(2)9-7/h6,12H,3-5H2,1-2H3. The molecule has 5 nitrogen and oxygen atoms in total. The summed E-state index contributed by atoms with van der Waals surface area (Å²) in [4.78, 5) is 1.45. The first-order valence-corrected chi connectivity index (χ1v) is 5.29. The highest BCUT2D eigenvalue weighted by Gasteiger charge is 2.03. The third kappa shape index (κ3) is 3.73. The van der Waals surface area contributed by atoms with Crippen LogP contribution in [0.25, 0.3) is 0 Å². The Labute approximate surface area is 81.5 Å². The zero-order valence-corrected chi connectivity index (χ0v) is 8.66. The summed E-state index contributed by atoms with van der Waals surface area (Å²) in [5, 5.41) is 20.4. The van der Waals surface area contributed by atoms with Gasteiger partial charge in [0.15, 0.2) is 5.82 Å². The Morgan fingerprint density at radius 1 is 1.62 bits per heavy atom. The molecule has 0 aliphatic heterocycles. The molecule has 0 spiro atoms. The van der Waals surface area contributed by atoms with Crippen LogP contribution in [-0.4, -0.2) is 37.7 Å². The number of aliphatic hydroxyl groups is 1. The second-order valence-corrected chi connectivity index (χ2v) is 4.03. The first kappa shape index (κ1) is 10.5. The minimum atomic E-state index is 0.237. The van der Waals surface area contributed by atoms with Gasteiger partial charge in [0.05, 0.1) is 12.8 Å². The monoisotopic (exact) mass is 202 g/mol. The third-order valence-corrected chi connectivity index (χ3v) is 2.76. The highest BCUT2D eigenvalue weighted by molar-refractivity contribution is 7.98. The predicted octanol–water partition coefficient (Wildman–Crippen LogP) is 0.0717. The molecule has 0 aliphatic carbocycles. The Morgan fingerprint density at radius 2 is 2.38 bits per heavy atom. The molecule has 1 atom stereocenters. The van der Waals surface area contributed by atoms with Crippen LogP contribution in [0, 0.1) is 5.92 Å². The van der Waals surface area contributed by atoms with Crippen LogP contribution in [0.1, 0.15) is 12.7 Å². The van der Waals surface area contributed by atoms with Gasteiger partial charge in [-0.1, -0.05) is 6.92 Å². The molecule has 1 rings (SSSR count). The van der Waals surface area contributed by atoms with E-state index in [4.69, 9.17) is 5.11 Å². The van der Waals surface area contributed by atoms with Crippen molar-refractivity contribution in [3.8, 4) is 0 Å². The fourth-order valence-corrected chi connectivity index (χ4v) is 1.71. The molecule has 1 aromatic heterocycles. The van der Waals surface area contributed by atoms with Crippen LogP contribution in [0.3, 0.4) is 0 Å². The normalized spacial score (nSPS) is 13.2. The second-order valence-electron chi connectivity index (χ2n) is 3.00. The summed E-state index contributed by atoms with van der Waals surface area (Å²) in [6, 6.07) is 0. The number of aryl methyl sites for hydroxylation is 1. The number of hydrogen-bond donors (Lipinski definition) is 1. The second kappa shape index (κ2) is 5.18. The molecular formula is C7H14N4OS. The Balaban J connectivity index is 2.20. The van der Waals surface area contributed by atoms with Gasteiger partial charge in [-0.3, -0.25) is 0 Å². The molecule has 6 heteroatoms. The van der Waals surface area contributed by atoms with Crippen molar-refractivity contribution in [3.05, 3.63) is 5.82 Å². The molecule has 0 radical (unpaired) electrons. The number of aromatic nitrogens is 4. The number of hydrogen-bond acceptors (Lipinski definition) is 5. The van der Waals surface area contributed by atoms with Crippen molar-refractivity contribution < 1.29 is 5.11 Å². The number of aliphatic hydroxyl groups excluding tert-OH is 1. The summed E-state index contributed by atoms with van der Waals surface area (Å²) < 4.78 is 0. The molecule has 1 aromatic rings. The van der Waals surface area contributed by atoms with Crippen LogP contribution in [0.5, 0.6) is 0 Å². The molecule has 0 saturated heterocycles. The summed E-state index contributed by atoms with van der Waals surface area (Å²) in [6.45, 7) is 2.25. The van der Waals surface area contributed by atoms with Crippen molar-refractivity contribution >= 4 is 11.8 Å². The minimum Gasteiger partial charge on any atom is -0.396 e. The first-order chi connectivity index (χ1) is 6.22. The van der Waals surface area contributed by atoms with Gasteiger partial charge in [0.25, 0.3) is 0 Å². The van der Waals surface area contributed by atoms with E-state index >= 15 is 0 Å². The van der Waals surface area contributed by atoms with Gasteiger partial charge in [-0.2, -0.15) is 16.6 Å². The largest absolute Gasteiger partial charge is 0.396 e. The quantitative estimate of drug-likeness (QED) is 0.732. The van der Waals surface area contributed by atoms with Gasteiger partial charge in [-0.15, -0.1) is 10.2 Å². The average Bonchev–Trinajstić information content (AvgIpc) is 2.51. The number of rotatable bonds is 5. The van der Waals surface area contributed by atoms with E-state index in [2.05, 4.69) is 15.4 Å². The molecule has 13 heavy (non-hydrogen) atoms. The van der Waals surface area contributed by atoms with E-state index in [0.29, 0.717) is 5.92 Å². The predicted molar refractivity (Wildman–Crippen MR) is 51.2 cm³/mol. The fraction of sp³-hybridized carbons (Fsp3) is 0.857. The maximum Gasteiger partial charge on any atom is 0.184 e. The highest BCUT2D eigenvalue weighted by atomic mass is 32.2. The van der Waals surface area contributed by atoms with Crippen LogP contribution in [0.15, 0.2) is 0 Å². The lowest BCUT2D eigenvalue weighted by Crippen LogP contribution is -2.03. The van der Waals surface area contributed by atoms with Crippen LogP contribution in [-0.2, 0) is 12.8 Å². The fourth-order valence-electron chi connectivity index (χ4n) is 0.785. The van der Waals surface area contributed by atoms with E-state index in [1.807, 2.05) is 6.92 Å². The molecule has 0 amide bonds. The summed E-state index contributed by atoms with van der Waals surface area (Å²) in [6.07, 6.45) is 0. The van der Waals surface area contributed by atoms with Crippen molar-refractivity contribution in [1.82, 2.24) is 20.2 Å². The molecule has 0 saturated carbocycles.